The van der Waals surface area contributed by atoms with Crippen LogP contribution in [0.25, 0.3) is 0 Å². The molecule has 2 heterocycles. The SMILES string of the molecule is C1=CCN2N=C3CC=CC3=NC2=C1. The lowest BCUT2D eigenvalue weighted by molar-refractivity contribution is 0.392. The zero-order valence-electron chi connectivity index (χ0n) is 7.14. The van der Waals surface area contributed by atoms with Crippen molar-refractivity contribution in [2.75, 3.05) is 6.54 Å². The van der Waals surface area contributed by atoms with Gasteiger partial charge in [0, 0.05) is 6.42 Å². The van der Waals surface area contributed by atoms with Crippen molar-refractivity contribution in [1.82, 2.24) is 5.01 Å². The van der Waals surface area contributed by atoms with Gasteiger partial charge in [0.2, 0.25) is 0 Å². The smallest absolute Gasteiger partial charge is 0.149 e. The van der Waals surface area contributed by atoms with Gasteiger partial charge < -0.3 is 0 Å². The van der Waals surface area contributed by atoms with Crippen LogP contribution >= 0.6 is 0 Å². The molecule has 0 spiro atoms. The second kappa shape index (κ2) is 2.42. The summed E-state index contributed by atoms with van der Waals surface area (Å²) in [5, 5.41) is 6.44. The van der Waals surface area contributed by atoms with Gasteiger partial charge in [-0.15, -0.1) is 0 Å². The first-order valence-electron chi connectivity index (χ1n) is 4.41. The second-order valence-corrected chi connectivity index (χ2v) is 3.19. The Hall–Kier alpha value is -1.64. The number of allylic oxidation sites excluding steroid dienone is 4. The summed E-state index contributed by atoms with van der Waals surface area (Å²) in [7, 11) is 0. The Labute approximate surface area is 76.5 Å². The number of hydrazone groups is 1. The van der Waals surface area contributed by atoms with Crippen molar-refractivity contribution < 1.29 is 0 Å². The van der Waals surface area contributed by atoms with Gasteiger partial charge in [-0.1, -0.05) is 18.2 Å². The molecule has 0 amide bonds. The van der Waals surface area contributed by atoms with Crippen LogP contribution in [0.4, 0.5) is 0 Å². The summed E-state index contributed by atoms with van der Waals surface area (Å²) >= 11 is 0. The highest BCUT2D eigenvalue weighted by atomic mass is 15.5. The molecule has 0 bridgehead atoms. The lowest BCUT2D eigenvalue weighted by Gasteiger charge is -2.24. The largest absolute Gasteiger partial charge is 0.244 e. The van der Waals surface area contributed by atoms with Crippen LogP contribution in [0.2, 0.25) is 0 Å². The van der Waals surface area contributed by atoms with E-state index in [9.17, 15) is 0 Å². The standard InChI is InChI=1S/C10H9N3/c1-2-7-13-10(6-1)11-8-4-3-5-9(8)12-13/h1-4,6H,5,7H2. The zero-order chi connectivity index (χ0) is 8.67. The molecule has 0 aromatic carbocycles. The van der Waals surface area contributed by atoms with Crippen LogP contribution in [0.5, 0.6) is 0 Å². The van der Waals surface area contributed by atoms with E-state index in [1.165, 1.54) is 0 Å². The highest BCUT2D eigenvalue weighted by Gasteiger charge is 2.21. The average molecular weight is 171 g/mol. The van der Waals surface area contributed by atoms with Gasteiger partial charge in [-0.25, -0.2) is 10.0 Å². The Kier molecular flexibility index (Phi) is 1.27. The highest BCUT2D eigenvalue weighted by Crippen LogP contribution is 2.20. The van der Waals surface area contributed by atoms with Crippen LogP contribution < -0.4 is 0 Å². The Morgan fingerprint density at radius 1 is 1.31 bits per heavy atom. The lowest BCUT2D eigenvalue weighted by atomic mass is 10.2. The monoisotopic (exact) mass is 171 g/mol. The van der Waals surface area contributed by atoms with E-state index in [0.717, 1.165) is 30.2 Å². The van der Waals surface area contributed by atoms with E-state index in [1.54, 1.807) is 0 Å². The van der Waals surface area contributed by atoms with Crippen molar-refractivity contribution in [3.05, 3.63) is 36.2 Å². The summed E-state index contributed by atoms with van der Waals surface area (Å²) < 4.78 is 0. The molecule has 3 aliphatic rings. The molecule has 0 aromatic heterocycles. The first-order valence-corrected chi connectivity index (χ1v) is 4.41. The molecule has 1 aliphatic carbocycles. The summed E-state index contributed by atoms with van der Waals surface area (Å²) in [6, 6.07) is 0. The molecular formula is C10H9N3. The maximum absolute atomic E-state index is 4.50. The number of hydrogen-bond acceptors (Lipinski definition) is 3. The minimum Gasteiger partial charge on any atom is -0.244 e. The summed E-state index contributed by atoms with van der Waals surface area (Å²) in [5.41, 5.74) is 2.12. The molecule has 0 aromatic rings. The van der Waals surface area contributed by atoms with Gasteiger partial charge in [0.25, 0.3) is 0 Å². The number of aliphatic imine (C=N–C) groups is 1. The van der Waals surface area contributed by atoms with E-state index in [0.29, 0.717) is 0 Å². The van der Waals surface area contributed by atoms with E-state index in [-0.39, 0.29) is 0 Å². The summed E-state index contributed by atoms with van der Waals surface area (Å²) in [4.78, 5) is 4.50. The van der Waals surface area contributed by atoms with Crippen molar-refractivity contribution in [2.24, 2.45) is 10.1 Å². The maximum Gasteiger partial charge on any atom is 0.149 e. The number of fused-ring (bicyclic) bond motifs is 2. The van der Waals surface area contributed by atoms with Gasteiger partial charge in [0.1, 0.15) is 5.82 Å². The first-order chi connectivity index (χ1) is 6.43. The lowest BCUT2D eigenvalue weighted by Crippen LogP contribution is -2.26. The molecule has 13 heavy (non-hydrogen) atoms. The van der Waals surface area contributed by atoms with Gasteiger partial charge in [-0.3, -0.25) is 0 Å². The Morgan fingerprint density at radius 3 is 3.31 bits per heavy atom. The quantitative estimate of drug-likeness (QED) is 0.542. The van der Waals surface area contributed by atoms with Crippen molar-refractivity contribution in [3.8, 4) is 0 Å². The Balaban J connectivity index is 2.08. The molecule has 0 saturated heterocycles. The minimum absolute atomic E-state index is 0.839. The topological polar surface area (TPSA) is 28.0 Å². The fourth-order valence-electron chi connectivity index (χ4n) is 1.63. The third-order valence-electron chi connectivity index (χ3n) is 2.28. The van der Waals surface area contributed by atoms with Crippen molar-refractivity contribution in [3.63, 3.8) is 0 Å². The molecule has 64 valence electrons. The van der Waals surface area contributed by atoms with Gasteiger partial charge in [-0.2, -0.15) is 5.10 Å². The van der Waals surface area contributed by atoms with Crippen LogP contribution in [0, 0.1) is 0 Å². The molecule has 3 heteroatoms. The molecule has 0 radical (unpaired) electrons. The van der Waals surface area contributed by atoms with Gasteiger partial charge in [-0.05, 0) is 12.2 Å². The van der Waals surface area contributed by atoms with Crippen LogP contribution in [0.3, 0.4) is 0 Å². The van der Waals surface area contributed by atoms with Gasteiger partial charge in [0.15, 0.2) is 0 Å². The average Bonchev–Trinajstić information content (AvgIpc) is 2.61. The summed E-state index contributed by atoms with van der Waals surface area (Å²) in [6.45, 7) is 0.839. The van der Waals surface area contributed by atoms with Crippen molar-refractivity contribution in [2.45, 2.75) is 6.42 Å². The summed E-state index contributed by atoms with van der Waals surface area (Å²) in [5.74, 6) is 0.952. The fraction of sp³-hybridized carbons (Fsp3) is 0.200. The molecule has 0 saturated carbocycles. The van der Waals surface area contributed by atoms with Crippen LogP contribution in [-0.2, 0) is 0 Å². The van der Waals surface area contributed by atoms with Gasteiger partial charge in [0.05, 0.1) is 18.0 Å². The molecular weight excluding hydrogens is 162 g/mol. The molecule has 3 nitrogen and oxygen atoms in total. The molecule has 0 unspecified atom stereocenters. The van der Waals surface area contributed by atoms with Crippen molar-refractivity contribution >= 4 is 11.4 Å². The van der Waals surface area contributed by atoms with Crippen LogP contribution in [0.1, 0.15) is 6.42 Å². The molecule has 2 aliphatic heterocycles. The molecule has 0 fully saturated rings. The highest BCUT2D eigenvalue weighted by molar-refractivity contribution is 6.49. The summed E-state index contributed by atoms with van der Waals surface area (Å²) in [6.07, 6.45) is 11.2. The molecule has 0 N–H and O–H groups in total. The predicted octanol–water partition coefficient (Wildman–Crippen LogP) is 1.47. The third kappa shape index (κ3) is 0.967. The molecule has 3 rings (SSSR count). The van der Waals surface area contributed by atoms with E-state index in [2.05, 4.69) is 22.2 Å². The number of nitrogens with zero attached hydrogens (tertiary/aromatic N) is 3. The maximum atomic E-state index is 4.50. The minimum atomic E-state index is 0.839. The van der Waals surface area contributed by atoms with E-state index in [4.69, 9.17) is 0 Å². The van der Waals surface area contributed by atoms with Crippen LogP contribution in [-0.4, -0.2) is 23.0 Å². The zero-order valence-corrected chi connectivity index (χ0v) is 7.14. The van der Waals surface area contributed by atoms with E-state index >= 15 is 0 Å². The second-order valence-electron chi connectivity index (χ2n) is 3.19. The number of hydrogen-bond donors (Lipinski definition) is 0. The fourth-order valence-corrected chi connectivity index (χ4v) is 1.63. The number of rotatable bonds is 0. The predicted molar refractivity (Wildman–Crippen MR) is 52.6 cm³/mol. The third-order valence-corrected chi connectivity index (χ3v) is 2.28. The molecule has 0 atom stereocenters. The first kappa shape index (κ1) is 6.83. The van der Waals surface area contributed by atoms with E-state index in [1.807, 2.05) is 23.2 Å². The van der Waals surface area contributed by atoms with Gasteiger partial charge >= 0.3 is 0 Å². The normalized spacial score (nSPS) is 23.4. The Morgan fingerprint density at radius 2 is 2.31 bits per heavy atom. The van der Waals surface area contributed by atoms with Crippen LogP contribution in [0.15, 0.2) is 46.3 Å². The van der Waals surface area contributed by atoms with Crippen molar-refractivity contribution in [1.29, 1.82) is 0 Å². The Bertz CT molecular complexity index is 396. The van der Waals surface area contributed by atoms with E-state index < -0.39 is 0 Å².